The molecule has 10 heteroatoms. The molecule has 3 fully saturated rings. The first-order valence-electron chi connectivity index (χ1n) is 11.0. The number of para-hydroxylation sites is 1. The standard InChI is InChI=1S/C24H19ClF3N3O3/c1-11-9-13-19(14(25)10-11)29-22(34)23(13)18-17(16-7-4-8-30(16)23)20(32)31(21(18)33)15-6-3-2-5-12(15)24(26,27)28/h2-3,5-6,9-10,16-18H,4,7-8H2,1H3,(H,29,34)/t16-,17-,18+,23-/m1/s1. The quantitative estimate of drug-likeness (QED) is 0.612. The number of anilines is 2. The second kappa shape index (κ2) is 6.82. The van der Waals surface area contributed by atoms with Crippen LogP contribution in [0, 0.1) is 18.8 Å². The van der Waals surface area contributed by atoms with Gasteiger partial charge in [0, 0.05) is 11.6 Å². The third-order valence-corrected chi connectivity index (χ3v) is 7.95. The highest BCUT2D eigenvalue weighted by atomic mass is 35.5. The number of carbonyl (C=O) groups excluding carboxylic acids is 3. The maximum atomic E-state index is 13.9. The van der Waals surface area contributed by atoms with E-state index in [-0.39, 0.29) is 0 Å². The van der Waals surface area contributed by atoms with Gasteiger partial charge in [-0.05, 0) is 50.1 Å². The molecule has 6 rings (SSSR count). The third kappa shape index (κ3) is 2.49. The van der Waals surface area contributed by atoms with Crippen molar-refractivity contribution in [1.29, 1.82) is 0 Å². The fourth-order valence-corrected chi connectivity index (χ4v) is 6.86. The lowest BCUT2D eigenvalue weighted by atomic mass is 9.75. The van der Waals surface area contributed by atoms with Crippen LogP contribution in [-0.4, -0.2) is 35.2 Å². The number of halogens is 4. The average Bonchev–Trinajstić information content (AvgIpc) is 3.46. The van der Waals surface area contributed by atoms with Gasteiger partial charge in [-0.3, -0.25) is 19.3 Å². The number of hydrogen-bond acceptors (Lipinski definition) is 4. The van der Waals surface area contributed by atoms with E-state index in [1.165, 1.54) is 12.1 Å². The Labute approximate surface area is 197 Å². The van der Waals surface area contributed by atoms with Crippen molar-refractivity contribution >= 4 is 40.7 Å². The number of alkyl halides is 3. The van der Waals surface area contributed by atoms with Crippen molar-refractivity contribution in [2.75, 3.05) is 16.8 Å². The zero-order chi connectivity index (χ0) is 24.2. The van der Waals surface area contributed by atoms with Gasteiger partial charge in [0.05, 0.1) is 33.8 Å². The Morgan fingerprint density at radius 3 is 2.59 bits per heavy atom. The lowest BCUT2D eigenvalue weighted by Gasteiger charge is -2.37. The molecule has 34 heavy (non-hydrogen) atoms. The number of hydrogen-bond donors (Lipinski definition) is 1. The molecule has 0 aliphatic carbocycles. The Bertz CT molecular complexity index is 1300. The van der Waals surface area contributed by atoms with E-state index >= 15 is 0 Å². The molecule has 3 amide bonds. The molecule has 176 valence electrons. The topological polar surface area (TPSA) is 69.7 Å². The van der Waals surface area contributed by atoms with Crippen LogP contribution in [0.1, 0.15) is 29.5 Å². The van der Waals surface area contributed by atoms with Crippen LogP contribution in [0.5, 0.6) is 0 Å². The normalized spacial score (nSPS) is 30.2. The zero-order valence-corrected chi connectivity index (χ0v) is 18.7. The molecule has 4 atom stereocenters. The van der Waals surface area contributed by atoms with Crippen molar-refractivity contribution in [3.8, 4) is 0 Å². The van der Waals surface area contributed by atoms with Gasteiger partial charge in [0.2, 0.25) is 11.8 Å². The summed E-state index contributed by atoms with van der Waals surface area (Å²) in [5, 5.41) is 3.12. The van der Waals surface area contributed by atoms with E-state index in [4.69, 9.17) is 11.6 Å². The Hall–Kier alpha value is -2.91. The second-order valence-electron chi connectivity index (χ2n) is 9.32. The van der Waals surface area contributed by atoms with Gasteiger partial charge in [-0.1, -0.05) is 29.8 Å². The summed E-state index contributed by atoms with van der Waals surface area (Å²) < 4.78 is 41.3. The van der Waals surface area contributed by atoms with Crippen LogP contribution in [0.2, 0.25) is 5.02 Å². The molecule has 2 aromatic carbocycles. The van der Waals surface area contributed by atoms with Crippen molar-refractivity contribution in [3.05, 3.63) is 58.1 Å². The summed E-state index contributed by atoms with van der Waals surface area (Å²) in [6.45, 7) is 2.31. The summed E-state index contributed by atoms with van der Waals surface area (Å²) in [5.74, 6) is -4.03. The minimum Gasteiger partial charge on any atom is -0.323 e. The first-order chi connectivity index (χ1) is 16.1. The minimum absolute atomic E-state index is 0.315. The molecule has 2 aromatic rings. The Morgan fingerprint density at radius 1 is 1.12 bits per heavy atom. The summed E-state index contributed by atoms with van der Waals surface area (Å²) in [7, 11) is 0. The maximum Gasteiger partial charge on any atom is 0.418 e. The van der Waals surface area contributed by atoms with E-state index < -0.39 is 58.6 Å². The number of nitrogens with zero attached hydrogens (tertiary/aromatic N) is 2. The summed E-state index contributed by atoms with van der Waals surface area (Å²) in [4.78, 5) is 43.8. The van der Waals surface area contributed by atoms with Crippen LogP contribution in [0.4, 0.5) is 24.5 Å². The van der Waals surface area contributed by atoms with E-state index in [2.05, 4.69) is 5.32 Å². The van der Waals surface area contributed by atoms with Crippen molar-refractivity contribution in [1.82, 2.24) is 4.90 Å². The summed E-state index contributed by atoms with van der Waals surface area (Å²) in [6.07, 6.45) is -3.48. The number of carbonyl (C=O) groups is 3. The Kier molecular flexibility index (Phi) is 4.34. The number of imide groups is 1. The van der Waals surface area contributed by atoms with Gasteiger partial charge >= 0.3 is 6.18 Å². The van der Waals surface area contributed by atoms with Crippen LogP contribution < -0.4 is 10.2 Å². The van der Waals surface area contributed by atoms with Gasteiger partial charge in [-0.2, -0.15) is 13.2 Å². The molecular weight excluding hydrogens is 471 g/mol. The zero-order valence-electron chi connectivity index (χ0n) is 17.9. The molecule has 0 bridgehead atoms. The Balaban J connectivity index is 1.58. The maximum absolute atomic E-state index is 13.9. The molecule has 1 N–H and O–H groups in total. The molecule has 6 nitrogen and oxygen atoms in total. The Morgan fingerprint density at radius 2 is 1.85 bits per heavy atom. The van der Waals surface area contributed by atoms with Gasteiger partial charge in [0.25, 0.3) is 5.91 Å². The average molecular weight is 490 g/mol. The first-order valence-corrected chi connectivity index (χ1v) is 11.4. The van der Waals surface area contributed by atoms with Crippen LogP contribution in [0.15, 0.2) is 36.4 Å². The fourth-order valence-electron chi connectivity index (χ4n) is 6.54. The number of rotatable bonds is 1. The van der Waals surface area contributed by atoms with E-state index in [0.717, 1.165) is 17.7 Å². The van der Waals surface area contributed by atoms with Gasteiger partial charge in [0.1, 0.15) is 5.54 Å². The molecule has 1 spiro atoms. The highest BCUT2D eigenvalue weighted by Gasteiger charge is 2.75. The molecule has 4 heterocycles. The molecular formula is C24H19ClF3N3O3. The molecule has 0 unspecified atom stereocenters. The summed E-state index contributed by atoms with van der Waals surface area (Å²) in [6, 6.07) is 7.59. The fraction of sp³-hybridized carbons (Fsp3) is 0.375. The van der Waals surface area contributed by atoms with E-state index in [9.17, 15) is 27.6 Å². The van der Waals surface area contributed by atoms with Crippen LogP contribution in [0.25, 0.3) is 0 Å². The molecule has 0 radical (unpaired) electrons. The van der Waals surface area contributed by atoms with Gasteiger partial charge in [-0.15, -0.1) is 0 Å². The molecule has 4 aliphatic rings. The van der Waals surface area contributed by atoms with Crippen molar-refractivity contribution < 1.29 is 27.6 Å². The van der Waals surface area contributed by atoms with Crippen LogP contribution >= 0.6 is 11.6 Å². The molecule has 3 saturated heterocycles. The molecule has 0 aromatic heterocycles. The third-order valence-electron chi connectivity index (χ3n) is 7.65. The van der Waals surface area contributed by atoms with E-state index in [1.807, 2.05) is 11.8 Å². The van der Waals surface area contributed by atoms with Crippen LogP contribution in [0.3, 0.4) is 0 Å². The monoisotopic (exact) mass is 489 g/mol. The molecule has 4 aliphatic heterocycles. The predicted molar refractivity (Wildman–Crippen MR) is 117 cm³/mol. The van der Waals surface area contributed by atoms with Gasteiger partial charge in [0.15, 0.2) is 0 Å². The smallest absolute Gasteiger partial charge is 0.323 e. The van der Waals surface area contributed by atoms with Crippen molar-refractivity contribution in [2.24, 2.45) is 11.8 Å². The number of benzene rings is 2. The highest BCUT2D eigenvalue weighted by molar-refractivity contribution is 6.35. The SMILES string of the molecule is Cc1cc(Cl)c2c(c1)[C@]1(C(=O)N2)[C@@H]2C(=O)N(c3ccccc3C(F)(F)F)C(=O)[C@@H]2[C@H]2CCCN21. The number of nitrogens with one attached hydrogen (secondary N) is 1. The summed E-state index contributed by atoms with van der Waals surface area (Å²) >= 11 is 6.43. The lowest BCUT2D eigenvalue weighted by Crippen LogP contribution is -2.54. The second-order valence-corrected chi connectivity index (χ2v) is 9.73. The van der Waals surface area contributed by atoms with Gasteiger partial charge < -0.3 is 5.32 Å². The minimum atomic E-state index is -4.76. The van der Waals surface area contributed by atoms with Crippen LogP contribution in [-0.2, 0) is 26.1 Å². The lowest BCUT2D eigenvalue weighted by molar-refractivity contribution is -0.138. The molecule has 0 saturated carbocycles. The number of amides is 3. The first kappa shape index (κ1) is 21.6. The largest absolute Gasteiger partial charge is 0.418 e. The number of fused-ring (bicyclic) bond motifs is 7. The van der Waals surface area contributed by atoms with Gasteiger partial charge in [-0.25, -0.2) is 4.90 Å². The predicted octanol–water partition coefficient (Wildman–Crippen LogP) is 4.10. The van der Waals surface area contributed by atoms with E-state index in [0.29, 0.717) is 40.6 Å². The number of aryl methyl sites for hydroxylation is 1. The van der Waals surface area contributed by atoms with Crippen molar-refractivity contribution in [3.63, 3.8) is 0 Å². The van der Waals surface area contributed by atoms with E-state index in [1.54, 1.807) is 12.1 Å². The summed E-state index contributed by atoms with van der Waals surface area (Å²) in [5.41, 5.74) is -1.39. The van der Waals surface area contributed by atoms with Crippen molar-refractivity contribution in [2.45, 2.75) is 37.5 Å². The highest BCUT2D eigenvalue weighted by Crippen LogP contribution is 2.61.